The smallest absolute Gasteiger partial charge is 0.167 e. The Balaban J connectivity index is 1.94. The third-order valence-electron chi connectivity index (χ3n) is 3.46. The van der Waals surface area contributed by atoms with Crippen molar-refractivity contribution in [1.82, 2.24) is 9.78 Å². The molecule has 0 spiro atoms. The van der Waals surface area contributed by atoms with Gasteiger partial charge in [0.15, 0.2) is 5.78 Å². The van der Waals surface area contributed by atoms with Crippen LogP contribution in [0.25, 0.3) is 0 Å². The van der Waals surface area contributed by atoms with Gasteiger partial charge in [0.25, 0.3) is 0 Å². The molecule has 2 unspecified atom stereocenters. The summed E-state index contributed by atoms with van der Waals surface area (Å²) in [6, 6.07) is 2.22. The van der Waals surface area contributed by atoms with E-state index in [2.05, 4.69) is 18.9 Å². The van der Waals surface area contributed by atoms with E-state index in [0.717, 1.165) is 25.0 Å². The molecule has 1 heterocycles. The van der Waals surface area contributed by atoms with Crippen molar-refractivity contribution in [2.24, 2.45) is 5.92 Å². The van der Waals surface area contributed by atoms with Gasteiger partial charge in [0.1, 0.15) is 6.10 Å². The number of aromatic nitrogens is 2. The third-order valence-corrected chi connectivity index (χ3v) is 3.46. The second kappa shape index (κ2) is 5.00. The van der Waals surface area contributed by atoms with Crippen LogP contribution in [0.1, 0.15) is 44.8 Å². The molecule has 0 radical (unpaired) electrons. The number of aliphatic hydroxyl groups excluding tert-OH is 1. The van der Waals surface area contributed by atoms with E-state index >= 15 is 0 Å². The Hall–Kier alpha value is -1.16. The van der Waals surface area contributed by atoms with Crippen molar-refractivity contribution in [3.05, 3.63) is 18.0 Å². The van der Waals surface area contributed by atoms with Crippen LogP contribution in [0.15, 0.2) is 12.3 Å². The van der Waals surface area contributed by atoms with Gasteiger partial charge in [-0.1, -0.05) is 6.92 Å². The number of nitrogens with zero attached hydrogens (tertiary/aromatic N) is 2. The fraction of sp³-hybridized carbons (Fsp3) is 0.692. The summed E-state index contributed by atoms with van der Waals surface area (Å²) in [6.07, 6.45) is 4.35. The maximum Gasteiger partial charge on any atom is 0.167 e. The van der Waals surface area contributed by atoms with Crippen LogP contribution in [0.2, 0.25) is 0 Å². The van der Waals surface area contributed by atoms with Crippen LogP contribution in [0, 0.1) is 5.92 Å². The highest BCUT2D eigenvalue weighted by Crippen LogP contribution is 2.33. The fourth-order valence-corrected chi connectivity index (χ4v) is 1.86. The van der Waals surface area contributed by atoms with Gasteiger partial charge in [0.05, 0.1) is 12.1 Å². The lowest BCUT2D eigenvalue weighted by Gasteiger charge is -2.08. The highest BCUT2D eigenvalue weighted by Gasteiger charge is 2.34. The minimum Gasteiger partial charge on any atom is -0.385 e. The largest absolute Gasteiger partial charge is 0.385 e. The number of Topliss-reactive ketones (excluding diaryl/α,β-unsaturated/α-hetero) is 1. The number of ketones is 1. The molecule has 1 aliphatic carbocycles. The number of rotatable bonds is 6. The Labute approximate surface area is 102 Å². The monoisotopic (exact) mass is 236 g/mol. The van der Waals surface area contributed by atoms with Crippen LogP contribution < -0.4 is 0 Å². The van der Waals surface area contributed by atoms with Gasteiger partial charge in [-0.05, 0) is 38.2 Å². The van der Waals surface area contributed by atoms with E-state index in [1.54, 1.807) is 0 Å². The summed E-state index contributed by atoms with van der Waals surface area (Å²) in [6.45, 7) is 4.20. The Morgan fingerprint density at radius 3 is 2.94 bits per heavy atom. The minimum absolute atomic E-state index is 0.0955. The number of hydrogen-bond acceptors (Lipinski definition) is 3. The van der Waals surface area contributed by atoms with Crippen LogP contribution in [0.3, 0.4) is 0 Å². The topological polar surface area (TPSA) is 55.1 Å². The summed E-state index contributed by atoms with van der Waals surface area (Å²) in [7, 11) is 0. The van der Waals surface area contributed by atoms with Crippen LogP contribution >= 0.6 is 0 Å². The standard InChI is InChI=1S/C13H20N2O2/c1-3-9(2)15-7-6-11(14-15)8-12(16)13(17)10-4-5-10/h6-7,9-10,13,17H,3-5,8H2,1-2H3. The summed E-state index contributed by atoms with van der Waals surface area (Å²) in [5, 5.41) is 14.1. The van der Waals surface area contributed by atoms with E-state index in [1.807, 2.05) is 16.9 Å². The second-order valence-corrected chi connectivity index (χ2v) is 4.97. The van der Waals surface area contributed by atoms with Crippen molar-refractivity contribution in [3.8, 4) is 0 Å². The molecule has 2 rings (SSSR count). The minimum atomic E-state index is -0.774. The fourth-order valence-electron chi connectivity index (χ4n) is 1.86. The van der Waals surface area contributed by atoms with E-state index in [1.165, 1.54) is 0 Å². The zero-order valence-corrected chi connectivity index (χ0v) is 10.5. The lowest BCUT2D eigenvalue weighted by atomic mass is 10.1. The summed E-state index contributed by atoms with van der Waals surface area (Å²) in [5.74, 6) is 0.112. The van der Waals surface area contributed by atoms with Gasteiger partial charge in [0.2, 0.25) is 0 Å². The molecule has 1 aromatic heterocycles. The maximum atomic E-state index is 11.7. The lowest BCUT2D eigenvalue weighted by Crippen LogP contribution is -2.24. The molecule has 0 aliphatic heterocycles. The molecule has 1 N–H and O–H groups in total. The van der Waals surface area contributed by atoms with Gasteiger partial charge < -0.3 is 5.11 Å². The van der Waals surface area contributed by atoms with Crippen molar-refractivity contribution in [2.45, 2.75) is 51.7 Å². The van der Waals surface area contributed by atoms with Crippen molar-refractivity contribution in [2.75, 3.05) is 0 Å². The average molecular weight is 236 g/mol. The van der Waals surface area contributed by atoms with Crippen LogP contribution in [0.4, 0.5) is 0 Å². The second-order valence-electron chi connectivity index (χ2n) is 4.97. The molecule has 1 saturated carbocycles. The molecule has 94 valence electrons. The molecule has 1 aliphatic rings. The molecule has 2 atom stereocenters. The van der Waals surface area contributed by atoms with Gasteiger partial charge in [0, 0.05) is 12.2 Å². The number of carbonyl (C=O) groups excluding carboxylic acids is 1. The van der Waals surface area contributed by atoms with Gasteiger partial charge in [-0.15, -0.1) is 0 Å². The first kappa shape index (κ1) is 12.3. The Morgan fingerprint density at radius 2 is 2.35 bits per heavy atom. The summed E-state index contributed by atoms with van der Waals surface area (Å²) < 4.78 is 1.88. The summed E-state index contributed by atoms with van der Waals surface area (Å²) >= 11 is 0. The average Bonchev–Trinajstić information content (AvgIpc) is 3.08. The first-order valence-electron chi connectivity index (χ1n) is 6.36. The quantitative estimate of drug-likeness (QED) is 0.818. The van der Waals surface area contributed by atoms with Crippen molar-refractivity contribution >= 4 is 5.78 Å². The van der Waals surface area contributed by atoms with Gasteiger partial charge in [-0.3, -0.25) is 9.48 Å². The lowest BCUT2D eigenvalue weighted by molar-refractivity contribution is -0.127. The van der Waals surface area contributed by atoms with Crippen molar-refractivity contribution in [3.63, 3.8) is 0 Å². The Bertz CT molecular complexity index is 396. The molecular weight excluding hydrogens is 216 g/mol. The SMILES string of the molecule is CCC(C)n1ccc(CC(=O)C(O)C2CC2)n1. The van der Waals surface area contributed by atoms with Gasteiger partial charge in [-0.2, -0.15) is 5.10 Å². The first-order chi connectivity index (χ1) is 8.11. The molecule has 0 amide bonds. The van der Waals surface area contributed by atoms with Crippen LogP contribution in [0.5, 0.6) is 0 Å². The highest BCUT2D eigenvalue weighted by atomic mass is 16.3. The van der Waals surface area contributed by atoms with Crippen molar-refractivity contribution in [1.29, 1.82) is 0 Å². The predicted molar refractivity (Wildman–Crippen MR) is 64.7 cm³/mol. The summed E-state index contributed by atoms with van der Waals surface area (Å²) in [4.78, 5) is 11.7. The van der Waals surface area contributed by atoms with E-state index in [-0.39, 0.29) is 18.1 Å². The van der Waals surface area contributed by atoms with Crippen LogP contribution in [-0.2, 0) is 11.2 Å². The number of carbonyl (C=O) groups is 1. The Morgan fingerprint density at radius 1 is 1.65 bits per heavy atom. The zero-order chi connectivity index (χ0) is 12.4. The van der Waals surface area contributed by atoms with Crippen LogP contribution in [-0.4, -0.2) is 26.8 Å². The molecule has 0 aromatic carbocycles. The number of aliphatic hydroxyl groups is 1. The first-order valence-corrected chi connectivity index (χ1v) is 6.36. The molecule has 4 heteroatoms. The van der Waals surface area contributed by atoms with Gasteiger partial charge >= 0.3 is 0 Å². The molecule has 1 fully saturated rings. The highest BCUT2D eigenvalue weighted by molar-refractivity contribution is 5.85. The summed E-state index contributed by atoms with van der Waals surface area (Å²) in [5.41, 5.74) is 0.759. The maximum absolute atomic E-state index is 11.7. The molecular formula is C13H20N2O2. The predicted octanol–water partition coefficient (Wildman–Crippen LogP) is 1.74. The molecule has 0 bridgehead atoms. The van der Waals surface area contributed by atoms with E-state index in [9.17, 15) is 9.90 Å². The van der Waals surface area contributed by atoms with E-state index < -0.39 is 6.10 Å². The Kier molecular flexibility index (Phi) is 3.62. The van der Waals surface area contributed by atoms with E-state index in [4.69, 9.17) is 0 Å². The molecule has 17 heavy (non-hydrogen) atoms. The zero-order valence-electron chi connectivity index (χ0n) is 10.5. The molecule has 4 nitrogen and oxygen atoms in total. The van der Waals surface area contributed by atoms with Gasteiger partial charge in [-0.25, -0.2) is 0 Å². The molecule has 1 aromatic rings. The normalized spacial score (nSPS) is 19.0. The van der Waals surface area contributed by atoms with Crippen molar-refractivity contribution < 1.29 is 9.90 Å². The third kappa shape index (κ3) is 2.94. The van der Waals surface area contributed by atoms with E-state index in [0.29, 0.717) is 6.04 Å². The molecule has 0 saturated heterocycles. The number of hydrogen-bond donors (Lipinski definition) is 1.